The predicted molar refractivity (Wildman–Crippen MR) is 76.6 cm³/mol. The molecule has 0 saturated carbocycles. The molecule has 104 valence electrons. The lowest BCUT2D eigenvalue weighted by Gasteiger charge is -2.30. The average molecular weight is 283 g/mol. The minimum atomic E-state index is 0.0291. The number of carbonyl (C=O) groups excluding carboxylic acids is 1. The van der Waals surface area contributed by atoms with Gasteiger partial charge >= 0.3 is 0 Å². The maximum Gasteiger partial charge on any atom is 0.225 e. The third-order valence-electron chi connectivity index (χ3n) is 3.11. The zero-order chi connectivity index (χ0) is 13.7. The molecular weight excluding hydrogens is 264 g/mol. The van der Waals surface area contributed by atoms with E-state index in [1.807, 2.05) is 0 Å². The van der Waals surface area contributed by atoms with Crippen LogP contribution in [0.15, 0.2) is 24.3 Å². The highest BCUT2D eigenvalue weighted by Gasteiger charge is 2.17. The number of carbonyl (C=O) groups is 1. The van der Waals surface area contributed by atoms with Crippen LogP contribution in [-0.2, 0) is 9.53 Å². The van der Waals surface area contributed by atoms with E-state index < -0.39 is 0 Å². The molecule has 0 spiro atoms. The number of ether oxygens (including phenoxy) is 1. The first kappa shape index (κ1) is 14.3. The molecule has 19 heavy (non-hydrogen) atoms. The monoisotopic (exact) mass is 282 g/mol. The highest BCUT2D eigenvalue weighted by molar-refractivity contribution is 6.30. The number of hydrogen-bond acceptors (Lipinski definition) is 3. The number of rotatable bonds is 4. The number of amides is 1. The second-order valence-corrected chi connectivity index (χ2v) is 5.22. The second kappa shape index (κ2) is 6.89. The number of nitrogens with zero attached hydrogens (tertiary/aromatic N) is 1. The molecule has 1 aromatic rings. The van der Waals surface area contributed by atoms with Crippen LogP contribution in [0.3, 0.4) is 0 Å². The maximum absolute atomic E-state index is 11.8. The Balaban J connectivity index is 1.73. The van der Waals surface area contributed by atoms with Gasteiger partial charge in [0.05, 0.1) is 12.7 Å². The van der Waals surface area contributed by atoms with Crippen molar-refractivity contribution >= 4 is 23.2 Å². The number of benzene rings is 1. The van der Waals surface area contributed by atoms with Gasteiger partial charge in [0, 0.05) is 36.8 Å². The molecule has 0 radical (unpaired) electrons. The molecule has 1 atom stereocenters. The Morgan fingerprint density at radius 2 is 2.21 bits per heavy atom. The van der Waals surface area contributed by atoms with Crippen molar-refractivity contribution in [1.29, 1.82) is 0 Å². The molecule has 1 aliphatic rings. The van der Waals surface area contributed by atoms with Crippen molar-refractivity contribution in [2.24, 2.45) is 0 Å². The molecule has 1 heterocycles. The first-order chi connectivity index (χ1) is 9.13. The summed E-state index contributed by atoms with van der Waals surface area (Å²) in [5, 5.41) is 3.53. The Morgan fingerprint density at radius 1 is 1.47 bits per heavy atom. The van der Waals surface area contributed by atoms with Crippen LogP contribution in [0, 0.1) is 0 Å². The van der Waals surface area contributed by atoms with Crippen LogP contribution in [0.1, 0.15) is 13.3 Å². The molecule has 1 fully saturated rings. The van der Waals surface area contributed by atoms with Gasteiger partial charge in [-0.15, -0.1) is 0 Å². The lowest BCUT2D eigenvalue weighted by Crippen LogP contribution is -2.42. The summed E-state index contributed by atoms with van der Waals surface area (Å²) in [6.07, 6.45) is 0.753. The van der Waals surface area contributed by atoms with Gasteiger partial charge in [-0.05, 0) is 31.2 Å². The third kappa shape index (κ3) is 4.82. The van der Waals surface area contributed by atoms with Crippen molar-refractivity contribution in [3.63, 3.8) is 0 Å². The maximum atomic E-state index is 11.8. The van der Waals surface area contributed by atoms with E-state index in [1.165, 1.54) is 0 Å². The summed E-state index contributed by atoms with van der Waals surface area (Å²) in [6.45, 7) is 5.37. The molecule has 1 N–H and O–H groups in total. The number of morpholine rings is 1. The van der Waals surface area contributed by atoms with E-state index in [-0.39, 0.29) is 12.0 Å². The lowest BCUT2D eigenvalue weighted by molar-refractivity contribution is -0.117. The molecule has 5 heteroatoms. The van der Waals surface area contributed by atoms with Crippen molar-refractivity contribution in [2.45, 2.75) is 19.4 Å². The number of anilines is 1. The van der Waals surface area contributed by atoms with Gasteiger partial charge in [-0.3, -0.25) is 9.69 Å². The molecule has 1 aliphatic heterocycles. The highest BCUT2D eigenvalue weighted by Crippen LogP contribution is 2.13. The van der Waals surface area contributed by atoms with Gasteiger partial charge in [0.25, 0.3) is 0 Å². The number of halogens is 1. The number of hydrogen-bond donors (Lipinski definition) is 1. The van der Waals surface area contributed by atoms with Gasteiger partial charge in [-0.25, -0.2) is 0 Å². The summed E-state index contributed by atoms with van der Waals surface area (Å²) >= 11 is 5.79. The minimum Gasteiger partial charge on any atom is -0.376 e. The first-order valence-corrected chi connectivity index (χ1v) is 6.90. The SMILES string of the molecule is CC1CN(CCC(=O)Nc2ccc(Cl)cc2)CCO1. The molecular formula is C14H19ClN2O2. The van der Waals surface area contributed by atoms with Gasteiger partial charge in [0.2, 0.25) is 5.91 Å². The van der Waals surface area contributed by atoms with E-state index in [2.05, 4.69) is 17.1 Å². The second-order valence-electron chi connectivity index (χ2n) is 4.79. The van der Waals surface area contributed by atoms with E-state index in [9.17, 15) is 4.79 Å². The lowest BCUT2D eigenvalue weighted by atomic mass is 10.2. The molecule has 1 aromatic carbocycles. The molecule has 1 unspecified atom stereocenters. The molecule has 4 nitrogen and oxygen atoms in total. The smallest absolute Gasteiger partial charge is 0.225 e. The summed E-state index contributed by atoms with van der Waals surface area (Å²) in [7, 11) is 0. The minimum absolute atomic E-state index is 0.0291. The fraction of sp³-hybridized carbons (Fsp3) is 0.500. The summed E-state index contributed by atoms with van der Waals surface area (Å²) < 4.78 is 5.47. The van der Waals surface area contributed by atoms with Crippen LogP contribution in [0.5, 0.6) is 0 Å². The van der Waals surface area contributed by atoms with Crippen molar-refractivity contribution < 1.29 is 9.53 Å². The number of nitrogens with one attached hydrogen (secondary N) is 1. The van der Waals surface area contributed by atoms with Crippen molar-refractivity contribution in [1.82, 2.24) is 4.90 Å². The van der Waals surface area contributed by atoms with Gasteiger partial charge in [-0.2, -0.15) is 0 Å². The Morgan fingerprint density at radius 3 is 2.89 bits per heavy atom. The summed E-state index contributed by atoms with van der Waals surface area (Å²) in [5.74, 6) is 0.0291. The van der Waals surface area contributed by atoms with E-state index in [0.29, 0.717) is 11.4 Å². The Kier molecular flexibility index (Phi) is 5.19. The van der Waals surface area contributed by atoms with Gasteiger partial charge in [0.15, 0.2) is 0 Å². The zero-order valence-corrected chi connectivity index (χ0v) is 11.8. The summed E-state index contributed by atoms with van der Waals surface area (Å²) in [6, 6.07) is 7.13. The Bertz CT molecular complexity index is 422. The van der Waals surface area contributed by atoms with Crippen LogP contribution < -0.4 is 5.32 Å². The fourth-order valence-electron chi connectivity index (χ4n) is 2.11. The van der Waals surface area contributed by atoms with Gasteiger partial charge in [0.1, 0.15) is 0 Å². The van der Waals surface area contributed by atoms with Crippen molar-refractivity contribution in [3.05, 3.63) is 29.3 Å². The molecule has 0 aliphatic carbocycles. The standard InChI is InChI=1S/C14H19ClN2O2/c1-11-10-17(8-9-19-11)7-6-14(18)16-13-4-2-12(15)3-5-13/h2-5,11H,6-10H2,1H3,(H,16,18). The molecule has 1 amide bonds. The van der Waals surface area contributed by atoms with Crippen molar-refractivity contribution in [2.75, 3.05) is 31.6 Å². The Labute approximate surface area is 118 Å². The first-order valence-electron chi connectivity index (χ1n) is 6.53. The van der Waals surface area contributed by atoms with Crippen molar-refractivity contribution in [3.8, 4) is 0 Å². The highest BCUT2D eigenvalue weighted by atomic mass is 35.5. The summed E-state index contributed by atoms with van der Waals surface area (Å²) in [4.78, 5) is 14.1. The molecule has 2 rings (SSSR count). The normalized spacial score (nSPS) is 20.2. The van der Waals surface area contributed by atoms with Crippen LogP contribution in [-0.4, -0.2) is 43.2 Å². The summed E-state index contributed by atoms with van der Waals surface area (Å²) in [5.41, 5.74) is 0.782. The fourth-order valence-corrected chi connectivity index (χ4v) is 2.24. The quantitative estimate of drug-likeness (QED) is 0.922. The molecule has 0 bridgehead atoms. The van der Waals surface area contributed by atoms with Crippen LogP contribution >= 0.6 is 11.6 Å². The van der Waals surface area contributed by atoms with E-state index in [4.69, 9.17) is 16.3 Å². The predicted octanol–water partition coefficient (Wildman–Crippen LogP) is 2.39. The van der Waals surface area contributed by atoms with E-state index in [1.54, 1.807) is 24.3 Å². The van der Waals surface area contributed by atoms with Crippen LogP contribution in [0.2, 0.25) is 5.02 Å². The Hall–Kier alpha value is -1.10. The van der Waals surface area contributed by atoms with Gasteiger partial charge in [-0.1, -0.05) is 11.6 Å². The third-order valence-corrected chi connectivity index (χ3v) is 3.36. The largest absolute Gasteiger partial charge is 0.376 e. The molecule has 0 aromatic heterocycles. The topological polar surface area (TPSA) is 41.6 Å². The molecule has 1 saturated heterocycles. The van der Waals surface area contributed by atoms with E-state index in [0.717, 1.165) is 31.9 Å². The van der Waals surface area contributed by atoms with Gasteiger partial charge < -0.3 is 10.1 Å². The average Bonchev–Trinajstić information content (AvgIpc) is 2.39. The van der Waals surface area contributed by atoms with Crippen LogP contribution in [0.25, 0.3) is 0 Å². The zero-order valence-electron chi connectivity index (χ0n) is 11.1. The van der Waals surface area contributed by atoms with E-state index >= 15 is 0 Å². The van der Waals surface area contributed by atoms with Crippen LogP contribution in [0.4, 0.5) is 5.69 Å².